The molecule has 0 saturated heterocycles. The molecular formula is C30H47NO11. The molecule has 0 heterocycles. The molecule has 2 N–H and O–H groups in total. The Morgan fingerprint density at radius 1 is 0.786 bits per heavy atom. The zero-order valence-corrected chi connectivity index (χ0v) is 26.1. The number of hydrogen-bond donors (Lipinski definition) is 2. The van der Waals surface area contributed by atoms with Crippen molar-refractivity contribution >= 4 is 24.4 Å². The zero-order chi connectivity index (χ0) is 32.0. The van der Waals surface area contributed by atoms with Crippen LogP contribution in [0.5, 0.6) is 11.5 Å². The molecular weight excluding hydrogens is 550 g/mol. The van der Waals surface area contributed by atoms with E-state index in [1.54, 1.807) is 20.8 Å². The lowest BCUT2D eigenvalue weighted by atomic mass is 10.0. The van der Waals surface area contributed by atoms with Crippen LogP contribution < -0.4 is 14.8 Å². The van der Waals surface area contributed by atoms with Gasteiger partial charge in [-0.25, -0.2) is 14.4 Å². The lowest BCUT2D eigenvalue weighted by molar-refractivity contribution is -0.139. The monoisotopic (exact) mass is 597 g/mol. The lowest BCUT2D eigenvalue weighted by Gasteiger charge is -2.20. The van der Waals surface area contributed by atoms with E-state index in [0.717, 1.165) is 6.42 Å². The average Bonchev–Trinajstić information content (AvgIpc) is 2.90. The van der Waals surface area contributed by atoms with Crippen molar-refractivity contribution in [1.82, 2.24) is 5.32 Å². The smallest absolute Gasteiger partial charge is 0.480 e. The summed E-state index contributed by atoms with van der Waals surface area (Å²) in [5, 5.41) is 12.6. The highest BCUT2D eigenvalue weighted by Crippen LogP contribution is 2.30. The van der Waals surface area contributed by atoms with Crippen LogP contribution in [0, 0.1) is 17.8 Å². The van der Waals surface area contributed by atoms with Gasteiger partial charge in [-0.2, -0.15) is 0 Å². The second-order valence-electron chi connectivity index (χ2n) is 11.1. The molecule has 0 fully saturated rings. The van der Waals surface area contributed by atoms with Crippen LogP contribution in [-0.2, 0) is 30.2 Å². The molecule has 0 aliphatic carbocycles. The van der Waals surface area contributed by atoms with Gasteiger partial charge in [-0.3, -0.25) is 4.79 Å². The van der Waals surface area contributed by atoms with E-state index in [1.807, 2.05) is 41.5 Å². The van der Waals surface area contributed by atoms with Gasteiger partial charge in [0.2, 0.25) is 0 Å². The summed E-state index contributed by atoms with van der Waals surface area (Å²) in [6.07, 6.45) is -3.54. The number of hydrogen-bond acceptors (Lipinski definition) is 11. The van der Waals surface area contributed by atoms with E-state index < -0.39 is 48.8 Å². The fourth-order valence-corrected chi connectivity index (χ4v) is 3.01. The Bertz CT molecular complexity index is 1030. The van der Waals surface area contributed by atoms with E-state index >= 15 is 0 Å². The number of carboxylic acid groups (broad SMARTS) is 1. The Morgan fingerprint density at radius 3 is 1.83 bits per heavy atom. The SMILES string of the molecule is CCC(C)COC(=O)OC(C)CN[C@@H](Cc1ccc(OC(=O)OC(C)C(C)C)c(OC(=O)OC(C)C(C)C)c1)C(=O)O. The predicted octanol–water partition coefficient (Wildman–Crippen LogP) is 5.98. The van der Waals surface area contributed by atoms with Crippen LogP contribution in [0.15, 0.2) is 18.2 Å². The number of carbonyl (C=O) groups is 4. The molecule has 0 aliphatic rings. The molecule has 4 unspecified atom stereocenters. The standard InChI is InChI=1S/C30H47NO11/c1-10-19(6)16-37-28(34)38-20(7)15-31-24(27(32)33)13-23-11-12-25(41-29(35)39-21(8)17(2)3)26(14-23)42-30(36)40-22(9)18(4)5/h11-12,14,17-22,24,31H,10,13,15-16H2,1-9H3,(H,32,33)/t19?,20?,21?,22?,24-/m0/s1. The van der Waals surface area contributed by atoms with E-state index in [-0.39, 0.29) is 48.8 Å². The maximum absolute atomic E-state index is 12.5. The molecule has 12 nitrogen and oxygen atoms in total. The van der Waals surface area contributed by atoms with Crippen LogP contribution in [0.3, 0.4) is 0 Å². The summed E-state index contributed by atoms with van der Waals surface area (Å²) in [6, 6.07) is 3.21. The Kier molecular flexibility index (Phi) is 15.7. The molecule has 12 heteroatoms. The molecule has 238 valence electrons. The Balaban J connectivity index is 3.01. The number of benzene rings is 1. The van der Waals surface area contributed by atoms with Crippen molar-refractivity contribution in [1.29, 1.82) is 0 Å². The van der Waals surface area contributed by atoms with Crippen LogP contribution in [0.25, 0.3) is 0 Å². The maximum Gasteiger partial charge on any atom is 0.514 e. The molecule has 0 aromatic heterocycles. The van der Waals surface area contributed by atoms with Gasteiger partial charge in [-0.05, 0) is 62.6 Å². The van der Waals surface area contributed by atoms with Crippen molar-refractivity contribution in [2.75, 3.05) is 13.2 Å². The third-order valence-electron chi connectivity index (χ3n) is 6.71. The number of aliphatic carboxylic acids is 1. The zero-order valence-electron chi connectivity index (χ0n) is 26.1. The van der Waals surface area contributed by atoms with Crippen LogP contribution >= 0.6 is 0 Å². The van der Waals surface area contributed by atoms with Crippen molar-refractivity contribution < 1.29 is 52.7 Å². The topological polar surface area (TPSA) is 156 Å². The van der Waals surface area contributed by atoms with Gasteiger partial charge in [-0.1, -0.05) is 54.0 Å². The first-order valence-corrected chi connectivity index (χ1v) is 14.3. The van der Waals surface area contributed by atoms with Crippen LogP contribution in [0.2, 0.25) is 0 Å². The molecule has 0 saturated carbocycles. The first kappa shape index (κ1) is 36.5. The summed E-state index contributed by atoms with van der Waals surface area (Å²) in [5.41, 5.74) is 0.451. The fraction of sp³-hybridized carbons (Fsp3) is 0.667. The van der Waals surface area contributed by atoms with Crippen LogP contribution in [0.1, 0.15) is 74.3 Å². The minimum atomic E-state index is -1.15. The minimum Gasteiger partial charge on any atom is -0.480 e. The number of nitrogens with one attached hydrogen (secondary N) is 1. The van der Waals surface area contributed by atoms with E-state index in [9.17, 15) is 24.3 Å². The van der Waals surface area contributed by atoms with Gasteiger partial charge in [0.1, 0.15) is 24.4 Å². The van der Waals surface area contributed by atoms with E-state index in [0.29, 0.717) is 5.56 Å². The van der Waals surface area contributed by atoms with E-state index in [2.05, 4.69) is 5.32 Å². The first-order chi connectivity index (χ1) is 19.6. The predicted molar refractivity (Wildman–Crippen MR) is 154 cm³/mol. The van der Waals surface area contributed by atoms with Gasteiger partial charge in [0, 0.05) is 6.54 Å². The number of carbonyl (C=O) groups excluding carboxylic acids is 3. The summed E-state index contributed by atoms with van der Waals surface area (Å²) < 4.78 is 31.4. The average molecular weight is 598 g/mol. The van der Waals surface area contributed by atoms with E-state index in [4.69, 9.17) is 28.4 Å². The number of rotatable bonds is 16. The fourth-order valence-electron chi connectivity index (χ4n) is 3.01. The molecule has 1 aromatic rings. The molecule has 42 heavy (non-hydrogen) atoms. The molecule has 0 radical (unpaired) electrons. The van der Waals surface area contributed by atoms with Gasteiger partial charge in [-0.15, -0.1) is 0 Å². The molecule has 0 bridgehead atoms. The second-order valence-corrected chi connectivity index (χ2v) is 11.1. The Morgan fingerprint density at radius 2 is 1.33 bits per heavy atom. The summed E-state index contributed by atoms with van der Waals surface area (Å²) in [6.45, 7) is 16.8. The van der Waals surface area contributed by atoms with Gasteiger partial charge in [0.05, 0.1) is 6.61 Å². The Hall–Kier alpha value is -3.54. The van der Waals surface area contributed by atoms with E-state index in [1.165, 1.54) is 18.2 Å². The highest BCUT2D eigenvalue weighted by molar-refractivity contribution is 5.74. The first-order valence-electron chi connectivity index (χ1n) is 14.3. The summed E-state index contributed by atoms with van der Waals surface area (Å²) in [4.78, 5) is 48.7. The van der Waals surface area contributed by atoms with Gasteiger partial charge < -0.3 is 38.8 Å². The molecule has 0 spiro atoms. The number of ether oxygens (including phenoxy) is 6. The largest absolute Gasteiger partial charge is 0.514 e. The maximum atomic E-state index is 12.5. The third-order valence-corrected chi connectivity index (χ3v) is 6.71. The van der Waals surface area contributed by atoms with Crippen LogP contribution in [-0.4, -0.2) is 67.0 Å². The normalized spacial score (nSPS) is 14.7. The number of carboxylic acids is 1. The minimum absolute atomic E-state index is 0.0302. The molecule has 1 rings (SSSR count). The van der Waals surface area contributed by atoms with Crippen molar-refractivity contribution in [3.63, 3.8) is 0 Å². The van der Waals surface area contributed by atoms with Gasteiger partial charge in [0.25, 0.3) is 0 Å². The molecule has 0 amide bonds. The summed E-state index contributed by atoms with van der Waals surface area (Å²) in [5.74, 6) is -1.13. The third kappa shape index (κ3) is 13.9. The summed E-state index contributed by atoms with van der Waals surface area (Å²) in [7, 11) is 0. The Labute approximate surface area is 248 Å². The highest BCUT2D eigenvalue weighted by Gasteiger charge is 2.24. The van der Waals surface area contributed by atoms with Crippen molar-refractivity contribution in [2.24, 2.45) is 17.8 Å². The molecule has 1 aromatic carbocycles. The van der Waals surface area contributed by atoms with Crippen molar-refractivity contribution in [3.8, 4) is 11.5 Å². The van der Waals surface area contributed by atoms with Gasteiger partial charge >= 0.3 is 24.4 Å². The van der Waals surface area contributed by atoms with Crippen LogP contribution in [0.4, 0.5) is 14.4 Å². The van der Waals surface area contributed by atoms with Crippen molar-refractivity contribution in [3.05, 3.63) is 23.8 Å². The summed E-state index contributed by atoms with van der Waals surface area (Å²) >= 11 is 0. The highest BCUT2D eigenvalue weighted by atomic mass is 16.8. The molecule has 0 aliphatic heterocycles. The lowest BCUT2D eigenvalue weighted by Crippen LogP contribution is -2.42. The quantitative estimate of drug-likeness (QED) is 0.131. The van der Waals surface area contributed by atoms with Gasteiger partial charge in [0.15, 0.2) is 11.5 Å². The van der Waals surface area contributed by atoms with Crippen molar-refractivity contribution in [2.45, 2.75) is 99.5 Å². The molecule has 5 atom stereocenters. The second kappa shape index (κ2) is 18.1.